The van der Waals surface area contributed by atoms with Crippen LogP contribution in [0.1, 0.15) is 46.9 Å². The number of aryl methyl sites for hydroxylation is 2. The highest BCUT2D eigenvalue weighted by Gasteiger charge is 2.17. The van der Waals surface area contributed by atoms with Crippen LogP contribution in [0.5, 0.6) is 0 Å². The monoisotopic (exact) mass is 397 g/mol. The fourth-order valence-corrected chi connectivity index (χ4v) is 4.13. The summed E-state index contributed by atoms with van der Waals surface area (Å²) in [6, 6.07) is 9.13. The van der Waals surface area contributed by atoms with Crippen LogP contribution < -0.4 is 5.56 Å². The van der Waals surface area contributed by atoms with Gasteiger partial charge in [0.15, 0.2) is 5.78 Å². The Morgan fingerprint density at radius 1 is 1.14 bits per heavy atom. The summed E-state index contributed by atoms with van der Waals surface area (Å²) in [6.45, 7) is 11.3. The van der Waals surface area contributed by atoms with Crippen molar-refractivity contribution in [2.75, 3.05) is 0 Å². The van der Waals surface area contributed by atoms with Gasteiger partial charge in [0.2, 0.25) is 0 Å². The SMILES string of the molecule is Cc1ccc(-c2ccc(=O)n(CC(=O)c3cc(C)n(CCC(C)C)c3C)n2)s1. The molecule has 0 unspecified atom stereocenters. The number of thiophene rings is 1. The minimum Gasteiger partial charge on any atom is -0.348 e. The van der Waals surface area contributed by atoms with Crippen LogP contribution in [-0.2, 0) is 13.1 Å². The molecule has 0 spiro atoms. The lowest BCUT2D eigenvalue weighted by Crippen LogP contribution is -2.26. The van der Waals surface area contributed by atoms with Gasteiger partial charge in [0.05, 0.1) is 4.88 Å². The van der Waals surface area contributed by atoms with E-state index in [4.69, 9.17) is 0 Å². The lowest BCUT2D eigenvalue weighted by atomic mass is 10.1. The summed E-state index contributed by atoms with van der Waals surface area (Å²) in [6.07, 6.45) is 1.06. The van der Waals surface area contributed by atoms with Crippen LogP contribution in [0.4, 0.5) is 0 Å². The van der Waals surface area contributed by atoms with Crippen molar-refractivity contribution in [3.05, 3.63) is 62.5 Å². The van der Waals surface area contributed by atoms with Gasteiger partial charge < -0.3 is 4.57 Å². The molecule has 3 aromatic rings. The predicted molar refractivity (Wildman–Crippen MR) is 114 cm³/mol. The molecule has 3 heterocycles. The molecule has 6 heteroatoms. The van der Waals surface area contributed by atoms with E-state index in [1.54, 1.807) is 17.4 Å². The number of carbonyl (C=O) groups is 1. The zero-order valence-corrected chi connectivity index (χ0v) is 18.0. The zero-order chi connectivity index (χ0) is 20.4. The van der Waals surface area contributed by atoms with Crippen LogP contribution in [0, 0.1) is 26.7 Å². The summed E-state index contributed by atoms with van der Waals surface area (Å²) in [5, 5.41) is 4.43. The van der Waals surface area contributed by atoms with Gasteiger partial charge in [0, 0.05) is 34.4 Å². The standard InChI is InChI=1S/C22H27N3O2S/c1-14(2)10-11-24-15(3)12-18(17(24)5)20(26)13-25-22(27)9-7-19(23-25)21-8-6-16(4)28-21/h6-9,12,14H,10-11,13H2,1-5H3. The maximum atomic E-state index is 12.9. The highest BCUT2D eigenvalue weighted by atomic mass is 32.1. The van der Waals surface area contributed by atoms with E-state index in [-0.39, 0.29) is 17.9 Å². The van der Waals surface area contributed by atoms with Gasteiger partial charge in [-0.05, 0) is 57.4 Å². The molecule has 0 fully saturated rings. The first kappa shape index (κ1) is 20.3. The van der Waals surface area contributed by atoms with Crippen LogP contribution in [0.25, 0.3) is 10.6 Å². The fourth-order valence-electron chi connectivity index (χ4n) is 3.30. The molecule has 3 rings (SSSR count). The summed E-state index contributed by atoms with van der Waals surface area (Å²) in [7, 11) is 0. The second-order valence-electron chi connectivity index (χ2n) is 7.67. The van der Waals surface area contributed by atoms with E-state index in [1.807, 2.05) is 39.0 Å². The Hall–Kier alpha value is -2.47. The van der Waals surface area contributed by atoms with Gasteiger partial charge >= 0.3 is 0 Å². The minimum atomic E-state index is -0.265. The molecule has 148 valence electrons. The number of Topliss-reactive ketones (excluding diaryl/α,β-unsaturated/α-hetero) is 1. The average Bonchev–Trinajstić information content (AvgIpc) is 3.18. The molecule has 0 aliphatic heterocycles. The second kappa shape index (κ2) is 8.27. The van der Waals surface area contributed by atoms with E-state index < -0.39 is 0 Å². The topological polar surface area (TPSA) is 56.9 Å². The Morgan fingerprint density at radius 3 is 2.54 bits per heavy atom. The maximum absolute atomic E-state index is 12.9. The third kappa shape index (κ3) is 4.33. The minimum absolute atomic E-state index is 0.0501. The van der Waals surface area contributed by atoms with E-state index in [0.29, 0.717) is 17.2 Å². The van der Waals surface area contributed by atoms with Gasteiger partial charge in [-0.1, -0.05) is 13.8 Å². The zero-order valence-electron chi connectivity index (χ0n) is 17.2. The molecule has 0 saturated carbocycles. The largest absolute Gasteiger partial charge is 0.348 e. The Balaban J connectivity index is 1.85. The highest BCUT2D eigenvalue weighted by Crippen LogP contribution is 2.25. The molecular weight excluding hydrogens is 370 g/mol. The molecular formula is C22H27N3O2S. The van der Waals surface area contributed by atoms with Crippen molar-refractivity contribution in [3.8, 4) is 10.6 Å². The lowest BCUT2D eigenvalue weighted by Gasteiger charge is -2.11. The molecule has 0 N–H and O–H groups in total. The number of ketones is 1. The van der Waals surface area contributed by atoms with Gasteiger partial charge in [0.25, 0.3) is 5.56 Å². The molecule has 0 radical (unpaired) electrons. The third-order valence-corrected chi connectivity index (χ3v) is 5.98. The fraction of sp³-hybridized carbons (Fsp3) is 0.409. The molecule has 0 aliphatic carbocycles. The molecule has 5 nitrogen and oxygen atoms in total. The number of aromatic nitrogens is 3. The molecule has 3 aromatic heterocycles. The highest BCUT2D eigenvalue weighted by molar-refractivity contribution is 7.15. The first-order chi connectivity index (χ1) is 13.3. The van der Waals surface area contributed by atoms with Crippen LogP contribution in [-0.4, -0.2) is 20.1 Å². The van der Waals surface area contributed by atoms with Gasteiger partial charge in [-0.3, -0.25) is 9.59 Å². The van der Waals surface area contributed by atoms with Crippen molar-refractivity contribution < 1.29 is 4.79 Å². The maximum Gasteiger partial charge on any atom is 0.267 e. The molecule has 0 bridgehead atoms. The number of carbonyl (C=O) groups excluding carboxylic acids is 1. The Kier molecular flexibility index (Phi) is 5.98. The van der Waals surface area contributed by atoms with E-state index in [2.05, 4.69) is 23.5 Å². The summed E-state index contributed by atoms with van der Waals surface area (Å²) in [5.41, 5.74) is 3.16. The van der Waals surface area contributed by atoms with Crippen molar-refractivity contribution in [1.29, 1.82) is 0 Å². The summed E-state index contributed by atoms with van der Waals surface area (Å²) in [4.78, 5) is 27.4. The third-order valence-electron chi connectivity index (χ3n) is 4.96. The van der Waals surface area contributed by atoms with Gasteiger partial charge in [-0.15, -0.1) is 11.3 Å². The summed E-state index contributed by atoms with van der Waals surface area (Å²) >= 11 is 1.62. The van der Waals surface area contributed by atoms with E-state index in [0.717, 1.165) is 29.2 Å². The second-order valence-corrected chi connectivity index (χ2v) is 8.95. The van der Waals surface area contributed by atoms with Crippen LogP contribution in [0.2, 0.25) is 0 Å². The molecule has 0 amide bonds. The van der Waals surface area contributed by atoms with Crippen molar-refractivity contribution in [1.82, 2.24) is 14.3 Å². The van der Waals surface area contributed by atoms with Crippen LogP contribution in [0.15, 0.2) is 35.1 Å². The van der Waals surface area contributed by atoms with Crippen molar-refractivity contribution in [2.45, 2.75) is 54.1 Å². The van der Waals surface area contributed by atoms with Crippen molar-refractivity contribution in [3.63, 3.8) is 0 Å². The molecule has 0 saturated heterocycles. The van der Waals surface area contributed by atoms with E-state index >= 15 is 0 Å². The predicted octanol–water partition coefficient (Wildman–Crippen LogP) is 4.63. The van der Waals surface area contributed by atoms with E-state index in [9.17, 15) is 9.59 Å². The normalized spacial score (nSPS) is 11.4. The summed E-state index contributed by atoms with van der Waals surface area (Å²) in [5.74, 6) is 0.518. The number of hydrogen-bond donors (Lipinski definition) is 0. The first-order valence-electron chi connectivity index (χ1n) is 9.61. The van der Waals surface area contributed by atoms with Gasteiger partial charge in [-0.25, -0.2) is 4.68 Å². The number of hydrogen-bond acceptors (Lipinski definition) is 4. The molecule has 28 heavy (non-hydrogen) atoms. The first-order valence-corrected chi connectivity index (χ1v) is 10.4. The van der Waals surface area contributed by atoms with Crippen LogP contribution in [0.3, 0.4) is 0 Å². The Labute approximate surface area is 169 Å². The molecule has 0 aliphatic rings. The summed E-state index contributed by atoms with van der Waals surface area (Å²) < 4.78 is 3.46. The number of rotatable bonds is 7. The average molecular weight is 398 g/mol. The Morgan fingerprint density at radius 2 is 1.89 bits per heavy atom. The van der Waals surface area contributed by atoms with Crippen LogP contribution >= 0.6 is 11.3 Å². The van der Waals surface area contributed by atoms with Gasteiger partial charge in [-0.2, -0.15) is 5.10 Å². The van der Waals surface area contributed by atoms with E-state index in [1.165, 1.54) is 15.6 Å². The lowest BCUT2D eigenvalue weighted by molar-refractivity contribution is 0.0965. The smallest absolute Gasteiger partial charge is 0.267 e. The molecule has 0 atom stereocenters. The quantitative estimate of drug-likeness (QED) is 0.546. The van der Waals surface area contributed by atoms with Crippen molar-refractivity contribution >= 4 is 17.1 Å². The van der Waals surface area contributed by atoms with Crippen molar-refractivity contribution in [2.24, 2.45) is 5.92 Å². The molecule has 0 aromatic carbocycles. The number of nitrogens with zero attached hydrogens (tertiary/aromatic N) is 3. The Bertz CT molecular complexity index is 1060. The van der Waals surface area contributed by atoms with Gasteiger partial charge in [0.1, 0.15) is 12.2 Å².